The van der Waals surface area contributed by atoms with E-state index in [2.05, 4.69) is 4.72 Å². The third-order valence-electron chi connectivity index (χ3n) is 4.50. The number of para-hydroxylation sites is 1. The van der Waals surface area contributed by atoms with Crippen molar-refractivity contribution in [3.63, 3.8) is 0 Å². The van der Waals surface area contributed by atoms with Gasteiger partial charge in [-0.25, -0.2) is 13.1 Å². The topological polar surface area (TPSA) is 66.5 Å². The highest BCUT2D eigenvalue weighted by Gasteiger charge is 2.31. The first-order valence-corrected chi connectivity index (χ1v) is 10.3. The number of carbonyl (C=O) groups is 1. The van der Waals surface area contributed by atoms with Gasteiger partial charge in [-0.05, 0) is 49.1 Å². The molecular weight excluding hydrogens is 348 g/mol. The number of hydrogen-bond acceptors (Lipinski definition) is 3. The Balaban J connectivity index is 1.90. The van der Waals surface area contributed by atoms with Crippen LogP contribution >= 0.6 is 0 Å². The summed E-state index contributed by atoms with van der Waals surface area (Å²) in [6.45, 7) is 6.24. The van der Waals surface area contributed by atoms with E-state index in [4.69, 9.17) is 0 Å². The van der Waals surface area contributed by atoms with Gasteiger partial charge < -0.3 is 4.90 Å². The molecule has 0 radical (unpaired) electrons. The lowest BCUT2D eigenvalue weighted by Crippen LogP contribution is -2.36. The summed E-state index contributed by atoms with van der Waals surface area (Å²) in [5, 5.41) is 0. The number of anilines is 1. The van der Waals surface area contributed by atoms with Crippen LogP contribution in [0.3, 0.4) is 0 Å². The van der Waals surface area contributed by atoms with Crippen LogP contribution in [-0.2, 0) is 16.4 Å². The van der Waals surface area contributed by atoms with E-state index in [1.807, 2.05) is 45.0 Å². The Morgan fingerprint density at radius 1 is 1.19 bits per heavy atom. The van der Waals surface area contributed by atoms with Crippen molar-refractivity contribution >= 4 is 21.6 Å². The maximum atomic E-state index is 13.1. The van der Waals surface area contributed by atoms with Gasteiger partial charge in [0.15, 0.2) is 0 Å². The summed E-state index contributed by atoms with van der Waals surface area (Å²) in [6.07, 6.45) is 0.801. The van der Waals surface area contributed by atoms with Gasteiger partial charge in [0.1, 0.15) is 0 Å². The fraction of sp³-hybridized carbons (Fsp3) is 0.350. The lowest BCUT2D eigenvalue weighted by atomic mass is 10.1. The fourth-order valence-electron chi connectivity index (χ4n) is 3.17. The molecule has 1 aliphatic heterocycles. The highest BCUT2D eigenvalue weighted by atomic mass is 32.2. The number of sulfonamides is 1. The quantitative estimate of drug-likeness (QED) is 0.876. The van der Waals surface area contributed by atoms with Crippen LogP contribution < -0.4 is 9.62 Å². The molecule has 6 heteroatoms. The molecule has 1 N–H and O–H groups in total. The van der Waals surface area contributed by atoms with Gasteiger partial charge in [0.25, 0.3) is 5.91 Å². The molecule has 3 rings (SSSR count). The lowest BCUT2D eigenvalue weighted by molar-refractivity contribution is 0.0981. The zero-order chi connectivity index (χ0) is 18.9. The van der Waals surface area contributed by atoms with Gasteiger partial charge in [-0.3, -0.25) is 4.79 Å². The summed E-state index contributed by atoms with van der Waals surface area (Å²) < 4.78 is 27.5. The van der Waals surface area contributed by atoms with Gasteiger partial charge in [-0.1, -0.05) is 38.1 Å². The van der Waals surface area contributed by atoms with E-state index in [-0.39, 0.29) is 22.8 Å². The Bertz CT molecular complexity index is 922. The van der Waals surface area contributed by atoms with Crippen LogP contribution in [0, 0.1) is 5.92 Å². The predicted molar refractivity (Wildman–Crippen MR) is 103 cm³/mol. The second-order valence-corrected chi connectivity index (χ2v) is 8.90. The highest BCUT2D eigenvalue weighted by Crippen LogP contribution is 2.33. The zero-order valence-corrected chi connectivity index (χ0v) is 16.1. The average molecular weight is 372 g/mol. The Labute approximate surface area is 155 Å². The summed E-state index contributed by atoms with van der Waals surface area (Å²) >= 11 is 0. The maximum Gasteiger partial charge on any atom is 0.258 e. The molecule has 0 spiro atoms. The Hall–Kier alpha value is -2.18. The molecule has 1 unspecified atom stereocenters. The summed E-state index contributed by atoms with van der Waals surface area (Å²) in [5.41, 5.74) is 2.41. The molecule has 138 valence electrons. The van der Waals surface area contributed by atoms with E-state index in [0.717, 1.165) is 17.7 Å². The van der Waals surface area contributed by atoms with Gasteiger partial charge >= 0.3 is 0 Å². The average Bonchev–Trinajstić information content (AvgIpc) is 2.95. The number of nitrogens with zero attached hydrogens (tertiary/aromatic N) is 1. The molecule has 0 saturated heterocycles. The molecule has 2 aromatic rings. The number of rotatable bonds is 5. The molecule has 0 bridgehead atoms. The molecule has 5 nitrogen and oxygen atoms in total. The highest BCUT2D eigenvalue weighted by molar-refractivity contribution is 7.89. The molecule has 0 fully saturated rings. The minimum Gasteiger partial charge on any atom is -0.305 e. The molecule has 2 aromatic carbocycles. The minimum absolute atomic E-state index is 0.0410. The second-order valence-electron chi connectivity index (χ2n) is 7.13. The van der Waals surface area contributed by atoms with Gasteiger partial charge in [-0.15, -0.1) is 0 Å². The predicted octanol–water partition coefficient (Wildman–Crippen LogP) is 3.21. The third kappa shape index (κ3) is 3.66. The Morgan fingerprint density at radius 3 is 2.65 bits per heavy atom. The maximum absolute atomic E-state index is 13.1. The molecular formula is C20H24N2O3S. The van der Waals surface area contributed by atoms with Gasteiger partial charge in [-0.2, -0.15) is 0 Å². The first-order valence-electron chi connectivity index (χ1n) is 8.81. The van der Waals surface area contributed by atoms with Crippen LogP contribution in [0.1, 0.15) is 36.7 Å². The molecule has 26 heavy (non-hydrogen) atoms. The monoisotopic (exact) mass is 372 g/mol. The molecule has 1 heterocycles. The van der Waals surface area contributed by atoms with Crippen LogP contribution in [0.5, 0.6) is 0 Å². The summed E-state index contributed by atoms with van der Waals surface area (Å²) in [6, 6.07) is 14.1. The number of nitrogens with one attached hydrogen (secondary N) is 1. The number of fused-ring (bicyclic) bond motifs is 1. The van der Waals surface area contributed by atoms with Crippen LogP contribution in [0.15, 0.2) is 53.4 Å². The van der Waals surface area contributed by atoms with Crippen LogP contribution in [-0.4, -0.2) is 26.9 Å². The van der Waals surface area contributed by atoms with E-state index >= 15 is 0 Å². The van der Waals surface area contributed by atoms with Crippen LogP contribution in [0.25, 0.3) is 0 Å². The van der Waals surface area contributed by atoms with Crippen molar-refractivity contribution in [2.75, 3.05) is 11.4 Å². The summed E-state index contributed by atoms with van der Waals surface area (Å²) in [5.74, 6) is 0.0277. The smallest absolute Gasteiger partial charge is 0.258 e. The van der Waals surface area contributed by atoms with Crippen molar-refractivity contribution in [3.8, 4) is 0 Å². The van der Waals surface area contributed by atoms with E-state index in [1.54, 1.807) is 17.0 Å². The van der Waals surface area contributed by atoms with Crippen molar-refractivity contribution in [1.29, 1.82) is 0 Å². The Morgan fingerprint density at radius 2 is 1.92 bits per heavy atom. The van der Waals surface area contributed by atoms with Crippen LogP contribution in [0.4, 0.5) is 5.69 Å². The van der Waals surface area contributed by atoms with Gasteiger partial charge in [0.05, 0.1) is 4.90 Å². The SMILES string of the molecule is CC(C)CNS(=O)(=O)c1cccc(C(=O)N2c3ccccc3CC2C)c1. The Kier molecular flexibility index (Phi) is 5.16. The summed E-state index contributed by atoms with van der Waals surface area (Å²) in [7, 11) is -3.63. The third-order valence-corrected chi connectivity index (χ3v) is 5.92. The number of hydrogen-bond donors (Lipinski definition) is 1. The van der Waals surface area contributed by atoms with Crippen LogP contribution in [0.2, 0.25) is 0 Å². The molecule has 0 saturated carbocycles. The number of carbonyl (C=O) groups excluding carboxylic acids is 1. The molecule has 1 amide bonds. The number of amides is 1. The first-order chi connectivity index (χ1) is 12.3. The zero-order valence-electron chi connectivity index (χ0n) is 15.3. The minimum atomic E-state index is -3.63. The van der Waals surface area contributed by atoms with E-state index < -0.39 is 10.0 Å². The molecule has 0 aromatic heterocycles. The van der Waals surface area contributed by atoms with E-state index in [9.17, 15) is 13.2 Å². The second kappa shape index (κ2) is 7.21. The number of benzene rings is 2. The van der Waals surface area contributed by atoms with Gasteiger partial charge in [0.2, 0.25) is 10.0 Å². The molecule has 0 aliphatic carbocycles. The largest absolute Gasteiger partial charge is 0.305 e. The first kappa shape index (κ1) is 18.6. The lowest BCUT2D eigenvalue weighted by Gasteiger charge is -2.23. The van der Waals surface area contributed by atoms with Crippen molar-refractivity contribution < 1.29 is 13.2 Å². The van der Waals surface area contributed by atoms with E-state index in [1.165, 1.54) is 12.1 Å². The summed E-state index contributed by atoms with van der Waals surface area (Å²) in [4.78, 5) is 14.9. The normalized spacial score (nSPS) is 16.8. The molecule has 1 atom stereocenters. The van der Waals surface area contributed by atoms with Crippen molar-refractivity contribution in [1.82, 2.24) is 4.72 Å². The fourth-order valence-corrected chi connectivity index (χ4v) is 4.43. The van der Waals surface area contributed by atoms with E-state index in [0.29, 0.717) is 12.1 Å². The van der Waals surface area contributed by atoms with Gasteiger partial charge in [0, 0.05) is 23.8 Å². The molecule has 1 aliphatic rings. The van der Waals surface area contributed by atoms with Crippen molar-refractivity contribution in [2.45, 2.75) is 38.1 Å². The standard InChI is InChI=1S/C20H24N2O3S/c1-14(2)13-21-26(24,25)18-9-6-8-17(12-18)20(23)22-15(3)11-16-7-4-5-10-19(16)22/h4-10,12,14-15,21H,11,13H2,1-3H3. The van der Waals surface area contributed by atoms with Crippen molar-refractivity contribution in [3.05, 3.63) is 59.7 Å². The van der Waals surface area contributed by atoms with Crippen molar-refractivity contribution in [2.24, 2.45) is 5.92 Å².